The molecule has 2 aromatic carbocycles. The van der Waals surface area contributed by atoms with E-state index in [0.717, 1.165) is 24.3 Å². The number of ketones is 1. The highest BCUT2D eigenvalue weighted by atomic mass is 19.4. The molecule has 3 N–H and O–H groups in total. The largest absolute Gasteiger partial charge is 0.493 e. The topological polar surface area (TPSA) is 96.9 Å². The summed E-state index contributed by atoms with van der Waals surface area (Å²) in [4.78, 5) is 25.1. The summed E-state index contributed by atoms with van der Waals surface area (Å²) >= 11 is 0. The van der Waals surface area contributed by atoms with Crippen molar-refractivity contribution in [2.45, 2.75) is 17.9 Å². The number of carbonyl (C=O) groups is 2. The quantitative estimate of drug-likeness (QED) is 0.489. The number of urea groups is 1. The molecular formula is C20H18F4N2O5. The lowest BCUT2D eigenvalue weighted by molar-refractivity contribution is -0.287. The highest BCUT2D eigenvalue weighted by molar-refractivity contribution is 6.00. The molecule has 1 heterocycles. The van der Waals surface area contributed by atoms with Crippen molar-refractivity contribution < 1.29 is 41.7 Å². The SMILES string of the molecule is COc1ccc([C@@H]2NC(=O)N[C@@](O)(C(F)(F)F)[C@@H]2C(=O)c2ccc(F)cc2)cc1OC. The summed E-state index contributed by atoms with van der Waals surface area (Å²) in [6.07, 6.45) is -5.40. The third-order valence-corrected chi connectivity index (χ3v) is 4.98. The van der Waals surface area contributed by atoms with Crippen LogP contribution < -0.4 is 20.1 Å². The van der Waals surface area contributed by atoms with Gasteiger partial charge in [-0.25, -0.2) is 9.18 Å². The Hall–Kier alpha value is -3.34. The third-order valence-electron chi connectivity index (χ3n) is 4.98. The number of benzene rings is 2. The fraction of sp³-hybridized carbons (Fsp3) is 0.300. The zero-order valence-electron chi connectivity index (χ0n) is 16.3. The molecule has 0 radical (unpaired) electrons. The molecule has 1 saturated heterocycles. The number of rotatable bonds is 5. The van der Waals surface area contributed by atoms with Gasteiger partial charge in [0, 0.05) is 5.56 Å². The molecule has 31 heavy (non-hydrogen) atoms. The maximum Gasteiger partial charge on any atom is 0.437 e. The van der Waals surface area contributed by atoms with E-state index in [1.54, 1.807) is 0 Å². The second-order valence-corrected chi connectivity index (χ2v) is 6.80. The molecule has 0 aromatic heterocycles. The van der Waals surface area contributed by atoms with Gasteiger partial charge in [-0.05, 0) is 42.0 Å². The average molecular weight is 442 g/mol. The Morgan fingerprint density at radius 2 is 1.68 bits per heavy atom. The van der Waals surface area contributed by atoms with Gasteiger partial charge in [-0.15, -0.1) is 0 Å². The number of amides is 2. The number of hydrogen-bond donors (Lipinski definition) is 3. The van der Waals surface area contributed by atoms with Crippen LogP contribution in [0.15, 0.2) is 42.5 Å². The first-order valence-corrected chi connectivity index (χ1v) is 8.91. The summed E-state index contributed by atoms with van der Waals surface area (Å²) in [7, 11) is 2.66. The van der Waals surface area contributed by atoms with Crippen LogP contribution >= 0.6 is 0 Å². The molecule has 3 rings (SSSR count). The lowest BCUT2D eigenvalue weighted by Gasteiger charge is -2.45. The number of ether oxygens (including phenoxy) is 2. The summed E-state index contributed by atoms with van der Waals surface area (Å²) in [5, 5.41) is 14.2. The lowest BCUT2D eigenvalue weighted by atomic mass is 9.77. The fourth-order valence-electron chi connectivity index (χ4n) is 3.46. The Kier molecular flexibility index (Phi) is 5.81. The van der Waals surface area contributed by atoms with Gasteiger partial charge in [0.15, 0.2) is 17.3 Å². The lowest BCUT2D eigenvalue weighted by Crippen LogP contribution is -2.72. The van der Waals surface area contributed by atoms with Crippen LogP contribution in [0.1, 0.15) is 22.0 Å². The second kappa shape index (κ2) is 8.06. The van der Waals surface area contributed by atoms with E-state index < -0.39 is 41.5 Å². The van der Waals surface area contributed by atoms with Crippen LogP contribution in [-0.4, -0.2) is 43.0 Å². The Balaban J connectivity index is 2.18. The molecule has 1 aliphatic rings. The second-order valence-electron chi connectivity index (χ2n) is 6.80. The van der Waals surface area contributed by atoms with Crippen LogP contribution in [0.2, 0.25) is 0 Å². The van der Waals surface area contributed by atoms with Gasteiger partial charge in [0.05, 0.1) is 20.3 Å². The summed E-state index contributed by atoms with van der Waals surface area (Å²) in [5.74, 6) is -3.70. The van der Waals surface area contributed by atoms with Crippen LogP contribution in [0.25, 0.3) is 0 Å². The Labute approximate surface area is 174 Å². The first kappa shape index (κ1) is 22.3. The van der Waals surface area contributed by atoms with Crippen LogP contribution in [0, 0.1) is 11.7 Å². The molecular weight excluding hydrogens is 424 g/mol. The minimum absolute atomic E-state index is 0.0515. The van der Waals surface area contributed by atoms with E-state index in [9.17, 15) is 32.3 Å². The van der Waals surface area contributed by atoms with E-state index >= 15 is 0 Å². The van der Waals surface area contributed by atoms with E-state index in [-0.39, 0.29) is 22.6 Å². The third kappa shape index (κ3) is 4.00. The maximum absolute atomic E-state index is 13.9. The number of alkyl halides is 3. The van der Waals surface area contributed by atoms with Crippen molar-refractivity contribution in [3.8, 4) is 11.5 Å². The van der Waals surface area contributed by atoms with Crippen molar-refractivity contribution in [1.82, 2.24) is 10.6 Å². The first-order valence-electron chi connectivity index (χ1n) is 8.91. The Morgan fingerprint density at radius 1 is 1.06 bits per heavy atom. The number of nitrogens with one attached hydrogen (secondary N) is 2. The van der Waals surface area contributed by atoms with Gasteiger partial charge in [0.1, 0.15) is 11.7 Å². The van der Waals surface area contributed by atoms with Crippen LogP contribution in [0.3, 0.4) is 0 Å². The molecule has 0 spiro atoms. The molecule has 3 atom stereocenters. The molecule has 2 aromatic rings. The zero-order chi connectivity index (χ0) is 23.0. The smallest absolute Gasteiger partial charge is 0.437 e. The molecule has 0 aliphatic carbocycles. The Bertz CT molecular complexity index is 996. The standard InChI is InChI=1S/C20H18F4N2O5/c1-30-13-8-5-11(9-14(13)31-2)16-15(17(27)10-3-6-12(21)7-4-10)19(29,20(22,23)24)26-18(28)25-16/h3-9,15-16,29H,1-2H3,(H2,25,26,28)/t15-,16-,19-/m0/s1. The van der Waals surface area contributed by atoms with Crippen molar-refractivity contribution in [2.75, 3.05) is 14.2 Å². The van der Waals surface area contributed by atoms with Crippen molar-refractivity contribution in [1.29, 1.82) is 0 Å². The van der Waals surface area contributed by atoms with E-state index in [0.29, 0.717) is 0 Å². The summed E-state index contributed by atoms with van der Waals surface area (Å²) in [6, 6.07) is 4.87. The Morgan fingerprint density at radius 3 is 2.23 bits per heavy atom. The zero-order valence-corrected chi connectivity index (χ0v) is 16.3. The fourth-order valence-corrected chi connectivity index (χ4v) is 3.46. The maximum atomic E-state index is 13.9. The molecule has 1 fully saturated rings. The normalized spacial score (nSPS) is 23.5. The van der Waals surface area contributed by atoms with Gasteiger partial charge < -0.3 is 25.2 Å². The van der Waals surface area contributed by atoms with Crippen molar-refractivity contribution in [3.05, 3.63) is 59.4 Å². The molecule has 0 saturated carbocycles. The van der Waals surface area contributed by atoms with E-state index in [1.165, 1.54) is 37.7 Å². The van der Waals surface area contributed by atoms with Crippen molar-refractivity contribution in [3.63, 3.8) is 0 Å². The van der Waals surface area contributed by atoms with Gasteiger partial charge in [-0.1, -0.05) is 6.07 Å². The van der Waals surface area contributed by atoms with Gasteiger partial charge in [0.2, 0.25) is 5.72 Å². The van der Waals surface area contributed by atoms with E-state index in [4.69, 9.17) is 9.47 Å². The van der Waals surface area contributed by atoms with Crippen molar-refractivity contribution in [2.24, 2.45) is 5.92 Å². The number of halogens is 4. The van der Waals surface area contributed by atoms with Crippen LogP contribution in [0.4, 0.5) is 22.4 Å². The first-order chi connectivity index (χ1) is 14.5. The highest BCUT2D eigenvalue weighted by Crippen LogP contribution is 2.45. The molecule has 11 heteroatoms. The van der Waals surface area contributed by atoms with Gasteiger partial charge in [0.25, 0.3) is 0 Å². The summed E-state index contributed by atoms with van der Waals surface area (Å²) in [5.41, 5.74) is -4.12. The van der Waals surface area contributed by atoms with Crippen LogP contribution in [0.5, 0.6) is 11.5 Å². The molecule has 2 amide bonds. The minimum atomic E-state index is -5.40. The number of Topliss-reactive ketones (excluding diaryl/α,β-unsaturated/α-hetero) is 1. The van der Waals surface area contributed by atoms with Gasteiger partial charge in [-0.3, -0.25) is 4.79 Å². The highest BCUT2D eigenvalue weighted by Gasteiger charge is 2.66. The number of carbonyl (C=O) groups excluding carboxylic acids is 2. The molecule has 7 nitrogen and oxygen atoms in total. The minimum Gasteiger partial charge on any atom is -0.493 e. The van der Waals surface area contributed by atoms with E-state index in [2.05, 4.69) is 5.32 Å². The van der Waals surface area contributed by atoms with E-state index in [1.807, 2.05) is 0 Å². The van der Waals surface area contributed by atoms with Gasteiger partial charge in [-0.2, -0.15) is 13.2 Å². The average Bonchev–Trinajstić information content (AvgIpc) is 2.72. The molecule has 1 aliphatic heterocycles. The predicted octanol–water partition coefficient (Wildman–Crippen LogP) is 2.95. The monoisotopic (exact) mass is 442 g/mol. The van der Waals surface area contributed by atoms with Crippen LogP contribution in [-0.2, 0) is 0 Å². The number of aliphatic hydroxyl groups is 1. The molecule has 0 unspecified atom stereocenters. The van der Waals surface area contributed by atoms with Crippen molar-refractivity contribution >= 4 is 11.8 Å². The number of methoxy groups -OCH3 is 2. The number of hydrogen-bond acceptors (Lipinski definition) is 5. The molecule has 166 valence electrons. The summed E-state index contributed by atoms with van der Waals surface area (Å²) < 4.78 is 65.2. The molecule has 0 bridgehead atoms. The predicted molar refractivity (Wildman–Crippen MR) is 99.2 cm³/mol. The summed E-state index contributed by atoms with van der Waals surface area (Å²) in [6.45, 7) is 0. The van der Waals surface area contributed by atoms with Gasteiger partial charge >= 0.3 is 12.2 Å².